The van der Waals surface area contributed by atoms with E-state index in [0.717, 1.165) is 44.5 Å². The van der Waals surface area contributed by atoms with Crippen LogP contribution in [0.3, 0.4) is 0 Å². The van der Waals surface area contributed by atoms with Crippen molar-refractivity contribution in [3.63, 3.8) is 0 Å². The quantitative estimate of drug-likeness (QED) is 0.615. The highest BCUT2D eigenvalue weighted by atomic mass is 32.2. The predicted octanol–water partition coefficient (Wildman–Crippen LogP) is 1.84. The Labute approximate surface area is 129 Å². The molecule has 2 rings (SSSR count). The Hall–Kier alpha value is -1.30. The van der Waals surface area contributed by atoms with Crippen LogP contribution < -0.4 is 5.56 Å². The molecule has 1 aromatic heterocycles. The maximum atomic E-state index is 12.5. The maximum absolute atomic E-state index is 12.5. The summed E-state index contributed by atoms with van der Waals surface area (Å²) in [6, 6.07) is 1.56. The average molecular weight is 309 g/mol. The Morgan fingerprint density at radius 2 is 2.05 bits per heavy atom. The molecule has 1 amide bonds. The number of amides is 1. The third-order valence-electron chi connectivity index (χ3n) is 3.82. The lowest BCUT2D eigenvalue weighted by molar-refractivity contribution is -0.129. The second kappa shape index (κ2) is 7.11. The van der Waals surface area contributed by atoms with Gasteiger partial charge < -0.3 is 4.90 Å². The summed E-state index contributed by atoms with van der Waals surface area (Å²) in [6.45, 7) is 5.70. The van der Waals surface area contributed by atoms with Crippen LogP contribution in [0.1, 0.15) is 38.8 Å². The zero-order valence-corrected chi connectivity index (χ0v) is 13.8. The van der Waals surface area contributed by atoms with Gasteiger partial charge in [0.2, 0.25) is 5.91 Å². The summed E-state index contributed by atoms with van der Waals surface area (Å²) in [6.07, 6.45) is 3.65. The highest BCUT2D eigenvalue weighted by Gasteiger charge is 2.27. The number of aromatic nitrogens is 2. The monoisotopic (exact) mass is 309 g/mol. The molecule has 2 heterocycles. The Bertz CT molecular complexity index is 565. The standard InChI is InChI=1S/C15H23N3O2S/c1-4-11-10-13(19)17(3)15(16-11)21-12(5-2)14(20)18-8-6-7-9-18/h10,12H,4-9H2,1-3H3. The van der Waals surface area contributed by atoms with Crippen molar-refractivity contribution >= 4 is 17.7 Å². The first-order valence-corrected chi connectivity index (χ1v) is 8.47. The number of carbonyl (C=O) groups excluding carboxylic acids is 1. The summed E-state index contributed by atoms with van der Waals surface area (Å²) in [7, 11) is 1.71. The van der Waals surface area contributed by atoms with Crippen LogP contribution in [0.5, 0.6) is 0 Å². The molecule has 0 spiro atoms. The molecule has 1 fully saturated rings. The van der Waals surface area contributed by atoms with Gasteiger partial charge in [-0.05, 0) is 25.7 Å². The lowest BCUT2D eigenvalue weighted by atomic mass is 10.3. The fourth-order valence-corrected chi connectivity index (χ4v) is 3.52. The molecule has 0 saturated carbocycles. The lowest BCUT2D eigenvalue weighted by Gasteiger charge is -2.22. The molecular formula is C15H23N3O2S. The lowest BCUT2D eigenvalue weighted by Crippen LogP contribution is -2.35. The van der Waals surface area contributed by atoms with Gasteiger partial charge in [0.1, 0.15) is 0 Å². The number of thioether (sulfide) groups is 1. The van der Waals surface area contributed by atoms with E-state index in [2.05, 4.69) is 4.98 Å². The molecule has 1 atom stereocenters. The first-order valence-electron chi connectivity index (χ1n) is 7.59. The van der Waals surface area contributed by atoms with E-state index in [9.17, 15) is 9.59 Å². The smallest absolute Gasteiger partial charge is 0.254 e. The van der Waals surface area contributed by atoms with Gasteiger partial charge in [0, 0.05) is 31.9 Å². The molecule has 1 saturated heterocycles. The van der Waals surface area contributed by atoms with Crippen LogP contribution in [-0.2, 0) is 18.3 Å². The molecule has 1 aromatic rings. The van der Waals surface area contributed by atoms with Crippen molar-refractivity contribution in [1.82, 2.24) is 14.5 Å². The van der Waals surface area contributed by atoms with E-state index in [1.165, 1.54) is 16.3 Å². The van der Waals surface area contributed by atoms with Crippen molar-refractivity contribution in [3.05, 3.63) is 22.1 Å². The molecule has 21 heavy (non-hydrogen) atoms. The van der Waals surface area contributed by atoms with Crippen LogP contribution in [0, 0.1) is 0 Å². The van der Waals surface area contributed by atoms with Crippen molar-refractivity contribution in [2.45, 2.75) is 49.9 Å². The van der Waals surface area contributed by atoms with Gasteiger partial charge in [-0.25, -0.2) is 4.98 Å². The molecule has 116 valence electrons. The summed E-state index contributed by atoms with van der Waals surface area (Å²) in [4.78, 5) is 30.9. The minimum Gasteiger partial charge on any atom is -0.342 e. The summed E-state index contributed by atoms with van der Waals surface area (Å²) < 4.78 is 1.53. The van der Waals surface area contributed by atoms with Gasteiger partial charge in [0.05, 0.1) is 5.25 Å². The Kier molecular flexibility index (Phi) is 5.45. The highest BCUT2D eigenvalue weighted by molar-refractivity contribution is 8.00. The van der Waals surface area contributed by atoms with Crippen LogP contribution in [0.2, 0.25) is 0 Å². The number of hydrogen-bond acceptors (Lipinski definition) is 4. The Morgan fingerprint density at radius 3 is 2.62 bits per heavy atom. The average Bonchev–Trinajstić information content (AvgIpc) is 3.02. The van der Waals surface area contributed by atoms with Crippen molar-refractivity contribution < 1.29 is 4.79 Å². The van der Waals surface area contributed by atoms with Gasteiger partial charge in [0.15, 0.2) is 5.16 Å². The van der Waals surface area contributed by atoms with Crippen molar-refractivity contribution in [3.8, 4) is 0 Å². The zero-order chi connectivity index (χ0) is 15.4. The van der Waals surface area contributed by atoms with Crippen molar-refractivity contribution in [1.29, 1.82) is 0 Å². The van der Waals surface area contributed by atoms with Gasteiger partial charge >= 0.3 is 0 Å². The number of hydrogen-bond donors (Lipinski definition) is 0. The Balaban J connectivity index is 2.20. The molecule has 0 radical (unpaired) electrons. The second-order valence-corrected chi connectivity index (χ2v) is 6.50. The number of rotatable bonds is 5. The maximum Gasteiger partial charge on any atom is 0.254 e. The van der Waals surface area contributed by atoms with Gasteiger partial charge in [-0.15, -0.1) is 0 Å². The van der Waals surface area contributed by atoms with E-state index in [4.69, 9.17) is 0 Å². The summed E-state index contributed by atoms with van der Waals surface area (Å²) in [5.74, 6) is 0.177. The van der Waals surface area contributed by atoms with Gasteiger partial charge in [0.25, 0.3) is 5.56 Å². The zero-order valence-electron chi connectivity index (χ0n) is 13.0. The summed E-state index contributed by atoms with van der Waals surface area (Å²) in [5.41, 5.74) is 0.719. The third kappa shape index (κ3) is 3.67. The van der Waals surface area contributed by atoms with Crippen molar-refractivity contribution in [2.24, 2.45) is 7.05 Å². The fraction of sp³-hybridized carbons (Fsp3) is 0.667. The highest BCUT2D eigenvalue weighted by Crippen LogP contribution is 2.25. The van der Waals surface area contributed by atoms with E-state index < -0.39 is 0 Å². The fourth-order valence-electron chi connectivity index (χ4n) is 2.43. The summed E-state index contributed by atoms with van der Waals surface area (Å²) in [5, 5.41) is 0.479. The van der Waals surface area contributed by atoms with E-state index in [-0.39, 0.29) is 16.7 Å². The number of aryl methyl sites for hydroxylation is 1. The molecule has 0 aromatic carbocycles. The van der Waals surface area contributed by atoms with E-state index in [0.29, 0.717) is 5.16 Å². The largest absolute Gasteiger partial charge is 0.342 e. The number of likely N-dealkylation sites (tertiary alicyclic amines) is 1. The predicted molar refractivity (Wildman–Crippen MR) is 84.6 cm³/mol. The second-order valence-electron chi connectivity index (χ2n) is 5.33. The van der Waals surface area contributed by atoms with Crippen molar-refractivity contribution in [2.75, 3.05) is 13.1 Å². The van der Waals surface area contributed by atoms with Crippen LogP contribution in [0.15, 0.2) is 16.0 Å². The minimum absolute atomic E-state index is 0.0622. The van der Waals surface area contributed by atoms with E-state index in [1.54, 1.807) is 13.1 Å². The molecule has 0 N–H and O–H groups in total. The number of nitrogens with zero attached hydrogens (tertiary/aromatic N) is 3. The summed E-state index contributed by atoms with van der Waals surface area (Å²) >= 11 is 1.41. The SMILES string of the molecule is CCc1cc(=O)n(C)c(SC(CC)C(=O)N2CCCC2)n1. The molecule has 0 bridgehead atoms. The van der Waals surface area contributed by atoms with Gasteiger partial charge in [-0.1, -0.05) is 25.6 Å². The third-order valence-corrected chi connectivity index (χ3v) is 5.22. The number of carbonyl (C=O) groups is 1. The van der Waals surface area contributed by atoms with Crippen LogP contribution in [-0.4, -0.2) is 38.7 Å². The molecular weight excluding hydrogens is 286 g/mol. The van der Waals surface area contributed by atoms with Crippen LogP contribution in [0.25, 0.3) is 0 Å². The van der Waals surface area contributed by atoms with E-state index in [1.807, 2.05) is 18.7 Å². The molecule has 1 aliphatic heterocycles. The van der Waals surface area contributed by atoms with Crippen LogP contribution >= 0.6 is 11.8 Å². The molecule has 1 unspecified atom stereocenters. The minimum atomic E-state index is -0.159. The molecule has 0 aliphatic carbocycles. The molecule has 6 heteroatoms. The first-order chi connectivity index (χ1) is 10.1. The van der Waals surface area contributed by atoms with Crippen LogP contribution in [0.4, 0.5) is 0 Å². The van der Waals surface area contributed by atoms with E-state index >= 15 is 0 Å². The van der Waals surface area contributed by atoms with Gasteiger partial charge in [-0.2, -0.15) is 0 Å². The Morgan fingerprint density at radius 1 is 1.38 bits per heavy atom. The molecule has 5 nitrogen and oxygen atoms in total. The topological polar surface area (TPSA) is 55.2 Å². The normalized spacial score (nSPS) is 16.2. The van der Waals surface area contributed by atoms with Gasteiger partial charge in [-0.3, -0.25) is 14.2 Å². The molecule has 1 aliphatic rings. The first kappa shape index (κ1) is 16.1.